The van der Waals surface area contributed by atoms with E-state index >= 15 is 0 Å². The summed E-state index contributed by atoms with van der Waals surface area (Å²) < 4.78 is 17.8. The quantitative estimate of drug-likeness (QED) is 0.0298. The van der Waals surface area contributed by atoms with Gasteiger partial charge in [-0.3, -0.25) is 4.79 Å². The van der Waals surface area contributed by atoms with Crippen LogP contribution in [-0.2, 0) is 19.0 Å². The smallest absolute Gasteiger partial charge is 0.305 e. The van der Waals surface area contributed by atoms with Gasteiger partial charge in [-0.1, -0.05) is 122 Å². The van der Waals surface area contributed by atoms with Crippen molar-refractivity contribution in [1.82, 2.24) is 4.90 Å². The van der Waals surface area contributed by atoms with Crippen LogP contribution in [-0.4, -0.2) is 68.3 Å². The number of esters is 1. The Balaban J connectivity index is 3.96. The summed E-state index contributed by atoms with van der Waals surface area (Å²) in [6.07, 6.45) is 39.9. The van der Waals surface area contributed by atoms with Crippen molar-refractivity contribution in [2.45, 2.75) is 200 Å². The molecule has 6 heteroatoms. The SMILES string of the molecule is CC/C=C\CCCCOC(CCCCCCCN(CCO)CCCCCCCC(=O)OCCCCCCCCC)OCCCC/C=C\CC. The maximum atomic E-state index is 12.0. The molecule has 0 atom stereocenters. The van der Waals surface area contributed by atoms with E-state index in [0.29, 0.717) is 13.0 Å². The Morgan fingerprint density at radius 1 is 0.551 bits per heavy atom. The third-order valence-electron chi connectivity index (χ3n) is 9.14. The number of unbranched alkanes of at least 4 members (excludes halogenated alkanes) is 18. The van der Waals surface area contributed by atoms with Crippen LogP contribution in [0.15, 0.2) is 24.3 Å². The Bertz CT molecular complexity index is 688. The average Bonchev–Trinajstić information content (AvgIpc) is 3.10. The van der Waals surface area contributed by atoms with Gasteiger partial charge in [0.25, 0.3) is 0 Å². The highest BCUT2D eigenvalue weighted by atomic mass is 16.7. The van der Waals surface area contributed by atoms with Gasteiger partial charge in [0.1, 0.15) is 0 Å². The first-order chi connectivity index (χ1) is 24.2. The molecule has 0 fully saturated rings. The second-order valence-electron chi connectivity index (χ2n) is 13.9. The molecule has 0 spiro atoms. The third kappa shape index (κ3) is 37.9. The van der Waals surface area contributed by atoms with E-state index < -0.39 is 0 Å². The van der Waals surface area contributed by atoms with Crippen LogP contribution in [0.2, 0.25) is 0 Å². The summed E-state index contributed by atoms with van der Waals surface area (Å²) in [4.78, 5) is 14.4. The zero-order valence-electron chi connectivity index (χ0n) is 33.0. The van der Waals surface area contributed by atoms with E-state index in [1.54, 1.807) is 0 Å². The van der Waals surface area contributed by atoms with Gasteiger partial charge in [0.2, 0.25) is 0 Å². The minimum atomic E-state index is -0.0639. The molecular weight excluding hydrogens is 610 g/mol. The van der Waals surface area contributed by atoms with Gasteiger partial charge in [0, 0.05) is 26.2 Å². The first-order valence-electron chi connectivity index (χ1n) is 21.2. The van der Waals surface area contributed by atoms with Crippen LogP contribution >= 0.6 is 0 Å². The number of aliphatic hydroxyl groups is 1. The molecule has 0 rings (SSSR count). The van der Waals surface area contributed by atoms with Crippen LogP contribution in [0.3, 0.4) is 0 Å². The molecule has 0 saturated heterocycles. The fourth-order valence-electron chi connectivity index (χ4n) is 6.05. The summed E-state index contributed by atoms with van der Waals surface area (Å²) in [5.74, 6) is -0.0235. The van der Waals surface area contributed by atoms with Crippen LogP contribution in [0.25, 0.3) is 0 Å². The molecule has 0 aromatic heterocycles. The molecule has 290 valence electrons. The zero-order valence-corrected chi connectivity index (χ0v) is 33.0. The Labute approximate surface area is 305 Å². The number of hydrogen-bond acceptors (Lipinski definition) is 6. The number of hydrogen-bond donors (Lipinski definition) is 1. The van der Waals surface area contributed by atoms with Gasteiger partial charge in [-0.05, 0) is 103 Å². The first kappa shape index (κ1) is 47.8. The summed E-state index contributed by atoms with van der Waals surface area (Å²) >= 11 is 0. The Morgan fingerprint density at radius 3 is 1.59 bits per heavy atom. The fraction of sp³-hybridized carbons (Fsp3) is 0.884. The van der Waals surface area contributed by atoms with Crippen molar-refractivity contribution in [2.75, 3.05) is 46.1 Å². The van der Waals surface area contributed by atoms with Crippen LogP contribution in [0.1, 0.15) is 194 Å². The lowest BCUT2D eigenvalue weighted by atomic mass is 10.1. The Kier molecular flexibility index (Phi) is 40.2. The maximum Gasteiger partial charge on any atom is 0.305 e. The molecule has 0 heterocycles. The van der Waals surface area contributed by atoms with E-state index in [4.69, 9.17) is 14.2 Å². The Hall–Kier alpha value is -1.21. The van der Waals surface area contributed by atoms with Crippen LogP contribution in [0.5, 0.6) is 0 Å². The summed E-state index contributed by atoms with van der Waals surface area (Å²) in [5, 5.41) is 9.56. The number of carbonyl (C=O) groups excluding carboxylic acids is 1. The van der Waals surface area contributed by atoms with E-state index in [2.05, 4.69) is 50.0 Å². The van der Waals surface area contributed by atoms with Crippen molar-refractivity contribution in [3.8, 4) is 0 Å². The fourth-order valence-corrected chi connectivity index (χ4v) is 6.05. The largest absolute Gasteiger partial charge is 0.466 e. The molecule has 0 aromatic rings. The second-order valence-corrected chi connectivity index (χ2v) is 13.9. The van der Waals surface area contributed by atoms with Crippen LogP contribution in [0.4, 0.5) is 0 Å². The van der Waals surface area contributed by atoms with Gasteiger partial charge in [-0.2, -0.15) is 0 Å². The summed E-state index contributed by atoms with van der Waals surface area (Å²) in [6, 6.07) is 0. The predicted octanol–water partition coefficient (Wildman–Crippen LogP) is 11.9. The minimum absolute atomic E-state index is 0.0235. The average molecular weight is 694 g/mol. The van der Waals surface area contributed by atoms with Crippen molar-refractivity contribution < 1.29 is 24.1 Å². The van der Waals surface area contributed by atoms with E-state index in [9.17, 15) is 9.90 Å². The second kappa shape index (κ2) is 41.2. The number of aliphatic hydroxyl groups excluding tert-OH is 1. The molecule has 0 aliphatic carbocycles. The molecule has 0 amide bonds. The van der Waals surface area contributed by atoms with E-state index in [-0.39, 0.29) is 18.9 Å². The van der Waals surface area contributed by atoms with E-state index in [1.165, 1.54) is 89.9 Å². The number of ether oxygens (including phenoxy) is 3. The van der Waals surface area contributed by atoms with Crippen molar-refractivity contribution in [2.24, 2.45) is 0 Å². The summed E-state index contributed by atoms with van der Waals surface area (Å²) in [6.45, 7) is 11.9. The van der Waals surface area contributed by atoms with Gasteiger partial charge in [-0.25, -0.2) is 0 Å². The van der Waals surface area contributed by atoms with Crippen LogP contribution < -0.4 is 0 Å². The summed E-state index contributed by atoms with van der Waals surface area (Å²) in [5.41, 5.74) is 0. The molecule has 0 radical (unpaired) electrons. The maximum absolute atomic E-state index is 12.0. The van der Waals surface area contributed by atoms with Crippen molar-refractivity contribution in [1.29, 1.82) is 0 Å². The van der Waals surface area contributed by atoms with E-state index in [0.717, 1.165) is 110 Å². The topological polar surface area (TPSA) is 68.2 Å². The molecule has 0 aliphatic heterocycles. The van der Waals surface area contributed by atoms with Gasteiger partial charge >= 0.3 is 5.97 Å². The molecule has 0 saturated carbocycles. The predicted molar refractivity (Wildman–Crippen MR) is 210 cm³/mol. The number of allylic oxidation sites excluding steroid dienone is 4. The van der Waals surface area contributed by atoms with Gasteiger partial charge in [0.15, 0.2) is 6.29 Å². The highest BCUT2D eigenvalue weighted by Gasteiger charge is 2.10. The number of rotatable bonds is 40. The number of nitrogens with zero attached hydrogens (tertiary/aromatic N) is 1. The molecule has 0 unspecified atom stereocenters. The summed E-state index contributed by atoms with van der Waals surface area (Å²) in [7, 11) is 0. The van der Waals surface area contributed by atoms with Gasteiger partial charge < -0.3 is 24.2 Å². The lowest BCUT2D eigenvalue weighted by Gasteiger charge is -2.21. The van der Waals surface area contributed by atoms with Gasteiger partial charge in [0.05, 0.1) is 13.2 Å². The molecule has 6 nitrogen and oxygen atoms in total. The minimum Gasteiger partial charge on any atom is -0.466 e. The van der Waals surface area contributed by atoms with Crippen molar-refractivity contribution in [3.05, 3.63) is 24.3 Å². The normalized spacial score (nSPS) is 12.0. The first-order valence-corrected chi connectivity index (χ1v) is 21.2. The molecule has 0 aliphatic rings. The molecule has 0 bridgehead atoms. The lowest BCUT2D eigenvalue weighted by Crippen LogP contribution is -2.29. The van der Waals surface area contributed by atoms with Crippen molar-refractivity contribution >= 4 is 5.97 Å². The van der Waals surface area contributed by atoms with E-state index in [1.807, 2.05) is 0 Å². The highest BCUT2D eigenvalue weighted by molar-refractivity contribution is 5.69. The molecule has 49 heavy (non-hydrogen) atoms. The zero-order chi connectivity index (χ0) is 35.7. The number of carbonyl (C=O) groups is 1. The van der Waals surface area contributed by atoms with Gasteiger partial charge in [-0.15, -0.1) is 0 Å². The lowest BCUT2D eigenvalue weighted by molar-refractivity contribution is -0.148. The molecule has 1 N–H and O–H groups in total. The standard InChI is InChI=1S/C43H83NO5/c1-4-7-10-13-16-25-30-39-47-42(46)33-26-19-17-21-28-35-44(37-38-45)36-29-22-18-20-27-34-43(48-40-31-23-14-11-8-5-2)49-41-32-24-15-12-9-6-3/h8-9,11-12,43,45H,4-7,10,13-41H2,1-3H3/b11-8-,12-9-. The molecule has 0 aromatic carbocycles. The van der Waals surface area contributed by atoms with Crippen LogP contribution in [0, 0.1) is 0 Å². The molecular formula is C43H83NO5. The Morgan fingerprint density at radius 2 is 1.04 bits per heavy atom. The highest BCUT2D eigenvalue weighted by Crippen LogP contribution is 2.14. The third-order valence-corrected chi connectivity index (χ3v) is 9.14. The monoisotopic (exact) mass is 694 g/mol. The van der Waals surface area contributed by atoms with Crippen molar-refractivity contribution in [3.63, 3.8) is 0 Å².